The van der Waals surface area contributed by atoms with Crippen molar-refractivity contribution < 1.29 is 23.7 Å². The van der Waals surface area contributed by atoms with Crippen LogP contribution >= 0.6 is 22.6 Å². The van der Waals surface area contributed by atoms with Crippen LogP contribution in [0, 0.1) is 3.57 Å². The molecule has 5 nitrogen and oxygen atoms in total. The van der Waals surface area contributed by atoms with Crippen LogP contribution in [-0.2, 0) is 0 Å². The number of hydrogen-bond acceptors (Lipinski definition) is 5. The summed E-state index contributed by atoms with van der Waals surface area (Å²) in [7, 11) is 6.15. The zero-order chi connectivity index (χ0) is 17.0. The van der Waals surface area contributed by atoms with Gasteiger partial charge in [-0.3, -0.25) is 4.79 Å². The number of ether oxygens (including phenoxy) is 4. The summed E-state index contributed by atoms with van der Waals surface area (Å²) in [6.45, 7) is 0. The highest BCUT2D eigenvalue weighted by molar-refractivity contribution is 14.1. The summed E-state index contributed by atoms with van der Waals surface area (Å²) in [6.07, 6.45) is 0. The van der Waals surface area contributed by atoms with Crippen LogP contribution in [0.15, 0.2) is 30.3 Å². The van der Waals surface area contributed by atoms with E-state index < -0.39 is 0 Å². The summed E-state index contributed by atoms with van der Waals surface area (Å²) in [5.74, 6) is 1.93. The molecule has 0 bridgehead atoms. The van der Waals surface area contributed by atoms with Gasteiger partial charge in [-0.2, -0.15) is 0 Å². The van der Waals surface area contributed by atoms with Crippen LogP contribution in [0.3, 0.4) is 0 Å². The second-order valence-corrected chi connectivity index (χ2v) is 5.75. The van der Waals surface area contributed by atoms with E-state index in [0.29, 0.717) is 28.4 Å². The Hall–Kier alpha value is -1.96. The number of halogens is 1. The highest BCUT2D eigenvalue weighted by atomic mass is 127. The third kappa shape index (κ3) is 3.52. The number of ketones is 1. The second-order valence-electron chi connectivity index (χ2n) is 4.59. The second kappa shape index (κ2) is 7.54. The highest BCUT2D eigenvalue weighted by Gasteiger charge is 2.18. The molecule has 0 saturated carbocycles. The average Bonchev–Trinajstić information content (AvgIpc) is 2.59. The quantitative estimate of drug-likeness (QED) is 0.521. The van der Waals surface area contributed by atoms with E-state index in [1.807, 2.05) is 0 Å². The Morgan fingerprint density at radius 2 is 1.35 bits per heavy atom. The topological polar surface area (TPSA) is 54.0 Å². The number of methoxy groups -OCH3 is 4. The number of benzene rings is 2. The summed E-state index contributed by atoms with van der Waals surface area (Å²) >= 11 is 2.13. The smallest absolute Gasteiger partial charge is 0.203 e. The van der Waals surface area contributed by atoms with E-state index in [-0.39, 0.29) is 5.78 Å². The van der Waals surface area contributed by atoms with Gasteiger partial charge in [-0.05, 0) is 52.9 Å². The molecule has 0 radical (unpaired) electrons. The molecule has 6 heteroatoms. The van der Waals surface area contributed by atoms with Crippen molar-refractivity contribution in [1.82, 2.24) is 0 Å². The molecule has 2 rings (SSSR count). The molecule has 0 fully saturated rings. The molecular formula is C17H17IO5. The Labute approximate surface area is 148 Å². The van der Waals surface area contributed by atoms with Crippen LogP contribution in [-0.4, -0.2) is 34.2 Å². The predicted octanol–water partition coefficient (Wildman–Crippen LogP) is 3.56. The number of rotatable bonds is 6. The van der Waals surface area contributed by atoms with Gasteiger partial charge >= 0.3 is 0 Å². The highest BCUT2D eigenvalue weighted by Crippen LogP contribution is 2.38. The van der Waals surface area contributed by atoms with E-state index in [1.165, 1.54) is 21.3 Å². The van der Waals surface area contributed by atoms with Crippen molar-refractivity contribution in [3.8, 4) is 23.0 Å². The van der Waals surface area contributed by atoms with Gasteiger partial charge in [-0.15, -0.1) is 0 Å². The first kappa shape index (κ1) is 17.4. The van der Waals surface area contributed by atoms with E-state index in [0.717, 1.165) is 9.32 Å². The van der Waals surface area contributed by atoms with Gasteiger partial charge in [0.2, 0.25) is 5.75 Å². The van der Waals surface area contributed by atoms with E-state index in [2.05, 4.69) is 22.6 Å². The number of carbonyl (C=O) groups excluding carboxylic acids is 1. The molecule has 2 aromatic rings. The van der Waals surface area contributed by atoms with Gasteiger partial charge in [0, 0.05) is 11.1 Å². The van der Waals surface area contributed by atoms with Crippen molar-refractivity contribution >= 4 is 28.4 Å². The van der Waals surface area contributed by atoms with Crippen molar-refractivity contribution in [3.05, 3.63) is 45.0 Å². The first-order valence-electron chi connectivity index (χ1n) is 6.74. The maximum Gasteiger partial charge on any atom is 0.203 e. The maximum atomic E-state index is 12.7. The van der Waals surface area contributed by atoms with Crippen LogP contribution in [0.2, 0.25) is 0 Å². The predicted molar refractivity (Wildman–Crippen MR) is 95.2 cm³/mol. The first-order chi connectivity index (χ1) is 11.0. The van der Waals surface area contributed by atoms with Gasteiger partial charge in [0.05, 0.1) is 32.0 Å². The van der Waals surface area contributed by atoms with Gasteiger partial charge in [0.25, 0.3) is 0 Å². The molecule has 0 aliphatic heterocycles. The Balaban J connectivity index is 2.49. The van der Waals surface area contributed by atoms with Crippen LogP contribution in [0.4, 0.5) is 0 Å². The third-order valence-electron chi connectivity index (χ3n) is 3.34. The maximum absolute atomic E-state index is 12.7. The number of carbonyl (C=O) groups is 1. The molecule has 122 valence electrons. The van der Waals surface area contributed by atoms with Crippen molar-refractivity contribution in [2.24, 2.45) is 0 Å². The van der Waals surface area contributed by atoms with Crippen LogP contribution in [0.5, 0.6) is 23.0 Å². The lowest BCUT2D eigenvalue weighted by atomic mass is 10.0. The fraction of sp³-hybridized carbons (Fsp3) is 0.235. The minimum atomic E-state index is -0.134. The minimum Gasteiger partial charge on any atom is -0.496 e. The lowest BCUT2D eigenvalue weighted by Crippen LogP contribution is -2.04. The molecule has 0 heterocycles. The molecule has 0 saturated heterocycles. The van der Waals surface area contributed by atoms with Gasteiger partial charge in [-0.1, -0.05) is 0 Å². The van der Waals surface area contributed by atoms with Crippen LogP contribution in [0.25, 0.3) is 0 Å². The van der Waals surface area contributed by atoms with Gasteiger partial charge in [0.15, 0.2) is 17.3 Å². The molecule has 0 amide bonds. The SMILES string of the molecule is COc1ccc(C(=O)c2cc(OC)c(OC)c(OC)c2)cc1I. The molecule has 0 aliphatic carbocycles. The lowest BCUT2D eigenvalue weighted by Gasteiger charge is -2.14. The minimum absolute atomic E-state index is 0.134. The molecule has 2 aromatic carbocycles. The normalized spacial score (nSPS) is 10.1. The zero-order valence-electron chi connectivity index (χ0n) is 13.3. The molecule has 0 spiro atoms. The molecule has 0 unspecified atom stereocenters. The zero-order valence-corrected chi connectivity index (χ0v) is 15.5. The first-order valence-corrected chi connectivity index (χ1v) is 7.81. The fourth-order valence-electron chi connectivity index (χ4n) is 2.19. The lowest BCUT2D eigenvalue weighted by molar-refractivity contribution is 0.103. The monoisotopic (exact) mass is 428 g/mol. The van der Waals surface area contributed by atoms with Crippen LogP contribution in [0.1, 0.15) is 15.9 Å². The van der Waals surface area contributed by atoms with Crippen molar-refractivity contribution in [1.29, 1.82) is 0 Å². The Bertz CT molecular complexity index is 702. The van der Waals surface area contributed by atoms with Gasteiger partial charge in [0.1, 0.15) is 5.75 Å². The van der Waals surface area contributed by atoms with Crippen LogP contribution < -0.4 is 18.9 Å². The van der Waals surface area contributed by atoms with E-state index in [1.54, 1.807) is 37.4 Å². The Morgan fingerprint density at radius 3 is 1.78 bits per heavy atom. The summed E-state index contributed by atoms with van der Waals surface area (Å²) < 4.78 is 21.9. The average molecular weight is 428 g/mol. The van der Waals surface area contributed by atoms with Crippen molar-refractivity contribution in [2.75, 3.05) is 28.4 Å². The molecule has 0 aliphatic rings. The van der Waals surface area contributed by atoms with Gasteiger partial charge < -0.3 is 18.9 Å². The summed E-state index contributed by atoms with van der Waals surface area (Å²) in [4.78, 5) is 12.7. The van der Waals surface area contributed by atoms with Crippen molar-refractivity contribution in [3.63, 3.8) is 0 Å². The molecule has 0 aromatic heterocycles. The largest absolute Gasteiger partial charge is 0.496 e. The third-order valence-corrected chi connectivity index (χ3v) is 4.18. The molecular weight excluding hydrogens is 411 g/mol. The molecule has 0 N–H and O–H groups in total. The summed E-state index contributed by atoms with van der Waals surface area (Å²) in [5, 5.41) is 0. The summed E-state index contributed by atoms with van der Waals surface area (Å²) in [5.41, 5.74) is 1.02. The number of hydrogen-bond donors (Lipinski definition) is 0. The van der Waals surface area contributed by atoms with E-state index in [9.17, 15) is 4.79 Å². The van der Waals surface area contributed by atoms with E-state index >= 15 is 0 Å². The molecule has 0 atom stereocenters. The standard InChI is InChI=1S/C17H17IO5/c1-20-13-6-5-10(7-12(13)18)16(19)11-8-14(21-2)17(23-4)15(9-11)22-3/h5-9H,1-4H3. The van der Waals surface area contributed by atoms with Gasteiger partial charge in [-0.25, -0.2) is 0 Å². The van der Waals surface area contributed by atoms with Crippen molar-refractivity contribution in [2.45, 2.75) is 0 Å². The fourth-order valence-corrected chi connectivity index (χ4v) is 2.92. The molecule has 23 heavy (non-hydrogen) atoms. The van der Waals surface area contributed by atoms with E-state index in [4.69, 9.17) is 18.9 Å². The Kier molecular flexibility index (Phi) is 5.70. The summed E-state index contributed by atoms with van der Waals surface area (Å²) in [6, 6.07) is 8.56. The Morgan fingerprint density at radius 1 is 0.783 bits per heavy atom.